The lowest BCUT2D eigenvalue weighted by Crippen LogP contribution is -2.33. The Bertz CT molecular complexity index is 943. The molecule has 1 aromatic carbocycles. The van der Waals surface area contributed by atoms with Gasteiger partial charge in [-0.1, -0.05) is 0 Å². The molecule has 1 aliphatic carbocycles. The van der Waals surface area contributed by atoms with Crippen molar-refractivity contribution in [2.45, 2.75) is 44.7 Å². The summed E-state index contributed by atoms with van der Waals surface area (Å²) < 4.78 is 5.02. The van der Waals surface area contributed by atoms with Crippen molar-refractivity contribution in [3.05, 3.63) is 36.2 Å². The summed E-state index contributed by atoms with van der Waals surface area (Å²) in [5.41, 5.74) is 7.96. The highest BCUT2D eigenvalue weighted by Gasteiger charge is 2.21. The molecule has 168 valence electrons. The Balaban J connectivity index is 0.00000171. The van der Waals surface area contributed by atoms with E-state index in [1.807, 2.05) is 12.1 Å². The number of halogens is 2. The number of carbonyl (C=O) groups is 1. The molecule has 0 bridgehead atoms. The third kappa shape index (κ3) is 5.96. The Morgan fingerprint density at radius 2 is 1.87 bits per heavy atom. The molecule has 0 amide bonds. The number of hydrogen-bond donors (Lipinski definition) is 4. The molecule has 1 aromatic rings. The molecule has 31 heavy (non-hydrogen) atoms. The summed E-state index contributed by atoms with van der Waals surface area (Å²) in [6, 6.07) is 7.70. The number of fused-ring (bicyclic) bond motifs is 1. The first kappa shape index (κ1) is 24.6. The average molecular weight is 468 g/mol. The van der Waals surface area contributed by atoms with E-state index in [4.69, 9.17) is 10.5 Å². The molecule has 0 saturated heterocycles. The first-order valence-electron chi connectivity index (χ1n) is 9.89. The Morgan fingerprint density at radius 3 is 2.55 bits per heavy atom. The van der Waals surface area contributed by atoms with Crippen molar-refractivity contribution in [2.24, 2.45) is 5.73 Å². The zero-order chi connectivity index (χ0) is 20.2. The maximum absolute atomic E-state index is 11.8. The number of hydrogen-bond acceptors (Lipinski definition) is 8. The van der Waals surface area contributed by atoms with E-state index in [-0.39, 0.29) is 30.8 Å². The molecule has 2 aliphatic heterocycles. The van der Waals surface area contributed by atoms with E-state index >= 15 is 0 Å². The van der Waals surface area contributed by atoms with Crippen LogP contribution in [-0.2, 0) is 4.74 Å². The maximum atomic E-state index is 11.8. The lowest BCUT2D eigenvalue weighted by Gasteiger charge is -2.27. The van der Waals surface area contributed by atoms with Gasteiger partial charge >= 0.3 is 5.97 Å². The fraction of sp³-hybridized carbons (Fsp3) is 0.400. The predicted molar refractivity (Wildman–Crippen MR) is 125 cm³/mol. The SMILES string of the molecule is CCOC(=O)c1ccc(Nc2[nH]c(N[C@H]3CC[C@H](N)CC3)nc3ncnc2-3)cc1.Cl.Cl. The van der Waals surface area contributed by atoms with E-state index in [1.54, 1.807) is 19.1 Å². The zero-order valence-corrected chi connectivity index (χ0v) is 18.8. The molecule has 5 N–H and O–H groups in total. The van der Waals surface area contributed by atoms with Gasteiger partial charge in [0, 0.05) is 17.8 Å². The van der Waals surface area contributed by atoms with Gasteiger partial charge in [0.05, 0.1) is 12.2 Å². The number of nitrogens with one attached hydrogen (secondary N) is 3. The highest BCUT2D eigenvalue weighted by atomic mass is 35.5. The molecule has 0 atom stereocenters. The van der Waals surface area contributed by atoms with Crippen LogP contribution < -0.4 is 16.4 Å². The number of benzene rings is 1. The van der Waals surface area contributed by atoms with Crippen LogP contribution in [0.3, 0.4) is 0 Å². The third-order valence-electron chi connectivity index (χ3n) is 5.05. The third-order valence-corrected chi connectivity index (χ3v) is 5.05. The zero-order valence-electron chi connectivity index (χ0n) is 17.1. The Morgan fingerprint density at radius 1 is 1.16 bits per heavy atom. The number of ether oxygens (including phenoxy) is 1. The number of imidazole rings is 1. The minimum Gasteiger partial charge on any atom is -0.462 e. The van der Waals surface area contributed by atoms with Crippen molar-refractivity contribution in [1.82, 2.24) is 19.9 Å². The van der Waals surface area contributed by atoms with E-state index in [0.717, 1.165) is 31.4 Å². The molecule has 11 heteroatoms. The van der Waals surface area contributed by atoms with Crippen molar-refractivity contribution < 1.29 is 9.53 Å². The fourth-order valence-electron chi connectivity index (χ4n) is 3.49. The van der Waals surface area contributed by atoms with E-state index in [1.165, 1.54) is 6.33 Å². The lowest BCUT2D eigenvalue weighted by molar-refractivity contribution is 0.0526. The average Bonchev–Trinajstić information content (AvgIpc) is 3.19. The van der Waals surface area contributed by atoms with Gasteiger partial charge < -0.3 is 26.1 Å². The lowest BCUT2D eigenvalue weighted by atomic mass is 9.92. The molecular weight excluding hydrogens is 441 g/mol. The largest absolute Gasteiger partial charge is 0.462 e. The molecule has 1 saturated carbocycles. The van der Waals surface area contributed by atoms with Crippen molar-refractivity contribution >= 4 is 48.2 Å². The van der Waals surface area contributed by atoms with Gasteiger partial charge in [0.1, 0.15) is 12.1 Å². The number of aromatic amines is 1. The second-order valence-corrected chi connectivity index (χ2v) is 7.19. The number of nitrogens with zero attached hydrogens (tertiary/aromatic N) is 3. The molecule has 0 aromatic heterocycles. The molecule has 0 spiro atoms. The molecule has 9 nitrogen and oxygen atoms in total. The standard InChI is InChI=1S/C20H25N7O2.2ClH/c1-2-29-19(28)12-3-7-14(8-4-12)24-18-16-17(23-11-22-16)26-20(27-18)25-15-9-5-13(21)6-10-15;;/h3-4,7-8,11,13,15H,2,5-6,9-10,21H2,1H3,(H3,22,23,24,25,26,27);2*1H/t13-,15-;;. The van der Waals surface area contributed by atoms with E-state index < -0.39 is 0 Å². The number of esters is 1. The Labute approximate surface area is 193 Å². The summed E-state index contributed by atoms with van der Waals surface area (Å²) in [6.45, 7) is 2.13. The quantitative estimate of drug-likeness (QED) is 0.403. The first-order valence-corrected chi connectivity index (χ1v) is 9.89. The summed E-state index contributed by atoms with van der Waals surface area (Å²) in [6.07, 6.45) is 5.53. The van der Waals surface area contributed by atoms with Gasteiger partial charge in [0.15, 0.2) is 11.5 Å². The van der Waals surface area contributed by atoms with Crippen molar-refractivity contribution in [3.8, 4) is 11.5 Å². The first-order chi connectivity index (χ1) is 14.1. The van der Waals surface area contributed by atoms with Gasteiger partial charge in [0.25, 0.3) is 0 Å². The van der Waals surface area contributed by atoms with Crippen LogP contribution in [0.1, 0.15) is 43.0 Å². The molecule has 0 radical (unpaired) electrons. The second kappa shape index (κ2) is 11.1. The van der Waals surface area contributed by atoms with Crippen LogP contribution >= 0.6 is 24.8 Å². The minimum atomic E-state index is -0.336. The summed E-state index contributed by atoms with van der Waals surface area (Å²) in [7, 11) is 0. The van der Waals surface area contributed by atoms with Crippen molar-refractivity contribution in [3.63, 3.8) is 0 Å². The van der Waals surface area contributed by atoms with Crippen LogP contribution in [-0.4, -0.2) is 44.6 Å². The van der Waals surface area contributed by atoms with Crippen LogP contribution in [0.2, 0.25) is 0 Å². The number of carbonyl (C=O) groups excluding carboxylic acids is 1. The predicted octanol–water partition coefficient (Wildman–Crippen LogP) is 3.75. The van der Waals surface area contributed by atoms with E-state index in [0.29, 0.717) is 47.5 Å². The van der Waals surface area contributed by atoms with E-state index in [9.17, 15) is 4.79 Å². The van der Waals surface area contributed by atoms with Crippen LogP contribution in [0.4, 0.5) is 17.5 Å². The van der Waals surface area contributed by atoms with Crippen LogP contribution in [0.25, 0.3) is 11.5 Å². The summed E-state index contributed by atoms with van der Waals surface area (Å²) in [5, 5.41) is 6.76. The van der Waals surface area contributed by atoms with Crippen LogP contribution in [0.5, 0.6) is 0 Å². The highest BCUT2D eigenvalue weighted by Crippen LogP contribution is 2.29. The Kier molecular flexibility index (Phi) is 8.85. The number of H-pyrrole nitrogens is 1. The van der Waals surface area contributed by atoms with Crippen molar-refractivity contribution in [2.75, 3.05) is 17.2 Å². The van der Waals surface area contributed by atoms with Gasteiger partial charge in [-0.3, -0.25) is 0 Å². The van der Waals surface area contributed by atoms with Crippen LogP contribution in [0.15, 0.2) is 30.6 Å². The molecule has 4 rings (SSSR count). The van der Waals surface area contributed by atoms with Gasteiger partial charge in [-0.15, -0.1) is 24.8 Å². The van der Waals surface area contributed by atoms with Gasteiger partial charge in [-0.05, 0) is 56.9 Å². The topological polar surface area (TPSA) is 131 Å². The fourth-order valence-corrected chi connectivity index (χ4v) is 3.49. The number of rotatable bonds is 6. The monoisotopic (exact) mass is 467 g/mol. The molecular formula is C20H27Cl2N7O2. The van der Waals surface area contributed by atoms with Gasteiger partial charge in [-0.2, -0.15) is 4.98 Å². The minimum absolute atomic E-state index is 0. The highest BCUT2D eigenvalue weighted by molar-refractivity contribution is 5.90. The van der Waals surface area contributed by atoms with E-state index in [2.05, 4.69) is 30.6 Å². The summed E-state index contributed by atoms with van der Waals surface area (Å²) in [5.74, 6) is 1.55. The number of aromatic nitrogens is 4. The molecule has 2 heterocycles. The molecule has 0 unspecified atom stereocenters. The van der Waals surface area contributed by atoms with Crippen LogP contribution in [0, 0.1) is 0 Å². The number of nitrogens with two attached hydrogens (primary N) is 1. The summed E-state index contributed by atoms with van der Waals surface area (Å²) in [4.78, 5) is 28.2. The van der Waals surface area contributed by atoms with Gasteiger partial charge in [0.2, 0.25) is 5.95 Å². The second-order valence-electron chi connectivity index (χ2n) is 7.19. The molecule has 1 fully saturated rings. The normalized spacial score (nSPS) is 17.9. The number of anilines is 3. The molecule has 3 aliphatic rings. The smallest absolute Gasteiger partial charge is 0.338 e. The summed E-state index contributed by atoms with van der Waals surface area (Å²) >= 11 is 0. The van der Waals surface area contributed by atoms with Crippen molar-refractivity contribution in [1.29, 1.82) is 0 Å². The Hall–Kier alpha value is -2.62. The maximum Gasteiger partial charge on any atom is 0.338 e. The van der Waals surface area contributed by atoms with Gasteiger partial charge in [-0.25, -0.2) is 14.8 Å².